The fourth-order valence-corrected chi connectivity index (χ4v) is 5.32. The predicted molar refractivity (Wildman–Crippen MR) is 125 cm³/mol. The first-order valence-electron chi connectivity index (χ1n) is 12.0. The summed E-state index contributed by atoms with van der Waals surface area (Å²) in [5.74, 6) is 0.620. The van der Waals surface area contributed by atoms with E-state index in [0.29, 0.717) is 18.7 Å². The normalized spacial score (nSPS) is 31.8. The first-order valence-corrected chi connectivity index (χ1v) is 12.0. The van der Waals surface area contributed by atoms with Gasteiger partial charge in [0.2, 0.25) is 11.8 Å². The maximum atomic E-state index is 13.2. The smallest absolute Gasteiger partial charge is 0.231 e. The number of aliphatic imine (C=N–C) groups is 1. The molecule has 0 bridgehead atoms. The average Bonchev–Trinajstić information content (AvgIpc) is 3.42. The largest absolute Gasteiger partial charge is 0.485 e. The lowest BCUT2D eigenvalue weighted by atomic mass is 9.86. The molecule has 2 aliphatic heterocycles. The van der Waals surface area contributed by atoms with Crippen molar-refractivity contribution in [2.24, 2.45) is 28.5 Å². The molecule has 1 unspecified atom stereocenters. The molecule has 3 aliphatic rings. The number of nitrogens with one attached hydrogen (secondary N) is 1. The molecule has 4 rings (SSSR count). The molecule has 1 fully saturated rings. The highest BCUT2D eigenvalue weighted by Crippen LogP contribution is 2.48. The molecule has 0 radical (unpaired) electrons. The number of ether oxygens (including phenoxy) is 1. The number of amides is 2. The summed E-state index contributed by atoms with van der Waals surface area (Å²) < 4.78 is 5.95. The molecular formula is C25H36N4O4. The van der Waals surface area contributed by atoms with Crippen LogP contribution >= 0.6 is 0 Å². The van der Waals surface area contributed by atoms with Gasteiger partial charge in [-0.2, -0.15) is 0 Å². The average molecular weight is 457 g/mol. The number of hydrogen-bond donors (Lipinski definition) is 3. The molecule has 1 aromatic carbocycles. The van der Waals surface area contributed by atoms with Crippen LogP contribution in [0.1, 0.15) is 65.5 Å². The molecule has 0 saturated heterocycles. The van der Waals surface area contributed by atoms with E-state index in [4.69, 9.17) is 10.5 Å². The minimum Gasteiger partial charge on any atom is -0.485 e. The standard InChI is InChI=1S/C25H36N4O4/c1-6-25(7-2)12-18(30)29(23(26)28-25)13-16-14(3)19(16)22(32)27-20-15-10-8-9-11-17(15)33-24(4,5)21(20)31/h8-11,14,16,19-21,31H,6-7,12-13H2,1-5H3,(H2,26,28)(H,27,32)/t14?,16-,19-,20+,21-/m0/s1. The van der Waals surface area contributed by atoms with Crippen molar-refractivity contribution in [1.29, 1.82) is 0 Å². The third-order valence-corrected chi connectivity index (χ3v) is 7.94. The third kappa shape index (κ3) is 4.09. The van der Waals surface area contributed by atoms with Crippen molar-refractivity contribution in [1.82, 2.24) is 10.2 Å². The Hall–Kier alpha value is -2.61. The van der Waals surface area contributed by atoms with Crippen molar-refractivity contribution in [3.63, 3.8) is 0 Å². The highest BCUT2D eigenvalue weighted by molar-refractivity contribution is 5.99. The Morgan fingerprint density at radius 2 is 1.97 bits per heavy atom. The zero-order valence-corrected chi connectivity index (χ0v) is 20.2. The first-order chi connectivity index (χ1) is 15.5. The number of aliphatic hydroxyl groups is 1. The van der Waals surface area contributed by atoms with Crippen LogP contribution in [0, 0.1) is 17.8 Å². The van der Waals surface area contributed by atoms with E-state index in [1.807, 2.05) is 58.9 Å². The molecule has 8 heteroatoms. The summed E-state index contributed by atoms with van der Waals surface area (Å²) in [7, 11) is 0. The summed E-state index contributed by atoms with van der Waals surface area (Å²) in [4.78, 5) is 32.3. The second-order valence-corrected chi connectivity index (χ2v) is 10.3. The van der Waals surface area contributed by atoms with Gasteiger partial charge in [0.05, 0.1) is 18.0 Å². The molecule has 1 saturated carbocycles. The Labute approximate surface area is 195 Å². The topological polar surface area (TPSA) is 117 Å². The highest BCUT2D eigenvalue weighted by atomic mass is 16.5. The quantitative estimate of drug-likeness (QED) is 0.608. The lowest BCUT2D eigenvalue weighted by Gasteiger charge is -2.42. The van der Waals surface area contributed by atoms with Gasteiger partial charge in [0, 0.05) is 18.0 Å². The van der Waals surface area contributed by atoms with Crippen LogP contribution < -0.4 is 15.8 Å². The van der Waals surface area contributed by atoms with Gasteiger partial charge in [-0.25, -0.2) is 4.99 Å². The van der Waals surface area contributed by atoms with E-state index in [-0.39, 0.29) is 35.5 Å². The lowest BCUT2D eigenvalue weighted by Crippen LogP contribution is -2.54. The van der Waals surface area contributed by atoms with Crippen LogP contribution in [0.4, 0.5) is 0 Å². The van der Waals surface area contributed by atoms with E-state index in [1.165, 1.54) is 0 Å². The van der Waals surface area contributed by atoms with E-state index in [9.17, 15) is 14.7 Å². The van der Waals surface area contributed by atoms with Gasteiger partial charge < -0.3 is 20.9 Å². The van der Waals surface area contributed by atoms with Gasteiger partial charge >= 0.3 is 0 Å². The van der Waals surface area contributed by atoms with Crippen molar-refractivity contribution in [3.05, 3.63) is 29.8 Å². The first kappa shape index (κ1) is 23.5. The summed E-state index contributed by atoms with van der Waals surface area (Å²) in [6.45, 7) is 10.1. The second-order valence-electron chi connectivity index (χ2n) is 10.3. The lowest BCUT2D eigenvalue weighted by molar-refractivity contribution is -0.131. The molecule has 2 amide bonds. The number of para-hydroxylation sites is 1. The van der Waals surface area contributed by atoms with Gasteiger partial charge in [0.15, 0.2) is 5.96 Å². The Balaban J connectivity index is 1.46. The molecule has 0 spiro atoms. The number of benzene rings is 1. The molecule has 4 N–H and O–H groups in total. The van der Waals surface area contributed by atoms with Gasteiger partial charge in [-0.05, 0) is 44.6 Å². The van der Waals surface area contributed by atoms with Crippen LogP contribution in [0.5, 0.6) is 5.75 Å². The molecule has 180 valence electrons. The van der Waals surface area contributed by atoms with Gasteiger partial charge in [-0.15, -0.1) is 0 Å². The summed E-state index contributed by atoms with van der Waals surface area (Å²) in [5, 5.41) is 14.0. The van der Waals surface area contributed by atoms with Crippen LogP contribution in [0.15, 0.2) is 29.3 Å². The van der Waals surface area contributed by atoms with Crippen molar-refractivity contribution in [3.8, 4) is 5.75 Å². The number of guanidine groups is 1. The highest BCUT2D eigenvalue weighted by Gasteiger charge is 2.55. The maximum absolute atomic E-state index is 13.2. The monoisotopic (exact) mass is 456 g/mol. The summed E-state index contributed by atoms with van der Waals surface area (Å²) in [6, 6.07) is 6.89. The van der Waals surface area contributed by atoms with Crippen LogP contribution in [0.25, 0.3) is 0 Å². The van der Waals surface area contributed by atoms with Crippen molar-refractivity contribution in [2.45, 2.75) is 77.2 Å². The van der Waals surface area contributed by atoms with E-state index in [2.05, 4.69) is 10.3 Å². The van der Waals surface area contributed by atoms with Crippen LogP contribution in [0.2, 0.25) is 0 Å². The summed E-state index contributed by atoms with van der Waals surface area (Å²) >= 11 is 0. The Bertz CT molecular complexity index is 971. The van der Waals surface area contributed by atoms with Crippen LogP contribution in [0.3, 0.4) is 0 Å². The van der Waals surface area contributed by atoms with Gasteiger partial charge in [-0.3, -0.25) is 14.5 Å². The number of hydrogen-bond acceptors (Lipinski definition) is 6. The van der Waals surface area contributed by atoms with E-state index in [0.717, 1.165) is 18.4 Å². The fourth-order valence-electron chi connectivity index (χ4n) is 5.32. The molecule has 5 atom stereocenters. The number of carbonyl (C=O) groups excluding carboxylic acids is 2. The van der Waals surface area contributed by atoms with Crippen molar-refractivity contribution >= 4 is 17.8 Å². The number of nitrogens with two attached hydrogens (primary N) is 1. The Morgan fingerprint density at radius 3 is 2.61 bits per heavy atom. The number of aliphatic hydroxyl groups excluding tert-OH is 1. The molecule has 2 heterocycles. The summed E-state index contributed by atoms with van der Waals surface area (Å²) in [5.41, 5.74) is 5.71. The Kier molecular flexibility index (Phi) is 5.93. The van der Waals surface area contributed by atoms with E-state index in [1.54, 1.807) is 4.90 Å². The number of fused-ring (bicyclic) bond motifs is 1. The third-order valence-electron chi connectivity index (χ3n) is 7.94. The summed E-state index contributed by atoms with van der Waals surface area (Å²) in [6.07, 6.45) is 0.977. The maximum Gasteiger partial charge on any atom is 0.231 e. The SMILES string of the molecule is CCC1(CC)CC(=O)N(C[C@H]2C(C)[C@@H]2C(=O)N[C@@H]2c3ccccc3OC(C)(C)[C@H]2O)C(N)=N1. The molecule has 1 aliphatic carbocycles. The van der Waals surface area contributed by atoms with E-state index < -0.39 is 23.3 Å². The van der Waals surface area contributed by atoms with Crippen molar-refractivity contribution < 1.29 is 19.4 Å². The number of rotatable bonds is 6. The molecule has 33 heavy (non-hydrogen) atoms. The minimum atomic E-state index is -0.897. The van der Waals surface area contributed by atoms with Gasteiger partial charge in [0.1, 0.15) is 17.5 Å². The predicted octanol–water partition coefficient (Wildman–Crippen LogP) is 2.36. The number of carbonyl (C=O) groups is 2. The Morgan fingerprint density at radius 1 is 1.30 bits per heavy atom. The van der Waals surface area contributed by atoms with Crippen LogP contribution in [-0.4, -0.2) is 51.6 Å². The minimum absolute atomic E-state index is 0.00121. The van der Waals surface area contributed by atoms with Crippen molar-refractivity contribution in [2.75, 3.05) is 6.54 Å². The van der Waals surface area contributed by atoms with Crippen LogP contribution in [-0.2, 0) is 9.59 Å². The molecule has 1 aromatic rings. The van der Waals surface area contributed by atoms with E-state index >= 15 is 0 Å². The molecule has 0 aromatic heterocycles. The zero-order chi connectivity index (χ0) is 24.1. The molecule has 8 nitrogen and oxygen atoms in total. The fraction of sp³-hybridized carbons (Fsp3) is 0.640. The van der Waals surface area contributed by atoms with Gasteiger partial charge in [-0.1, -0.05) is 39.0 Å². The van der Waals surface area contributed by atoms with Gasteiger partial charge in [0.25, 0.3) is 0 Å². The number of nitrogens with zero attached hydrogens (tertiary/aromatic N) is 2. The second kappa shape index (κ2) is 8.31. The zero-order valence-electron chi connectivity index (χ0n) is 20.2. The molecular weight excluding hydrogens is 420 g/mol.